The summed E-state index contributed by atoms with van der Waals surface area (Å²) in [6.45, 7) is 4.95. The molecule has 1 aliphatic rings. The second-order valence-corrected chi connectivity index (χ2v) is 1.31. The van der Waals surface area contributed by atoms with Crippen molar-refractivity contribution >= 4 is 0 Å². The van der Waals surface area contributed by atoms with Gasteiger partial charge < -0.3 is 4.74 Å². The molecule has 0 aliphatic carbocycles. The van der Waals surface area contributed by atoms with Crippen LogP contribution >= 0.6 is 0 Å². The van der Waals surface area contributed by atoms with Gasteiger partial charge in [0.2, 0.25) is 0 Å². The smallest absolute Gasteiger partial charge is 0.378 e. The van der Waals surface area contributed by atoms with Crippen LogP contribution in [-0.2, 0) is 36.2 Å². The van der Waals surface area contributed by atoms with Crippen molar-refractivity contribution in [1.82, 2.24) is 0 Å². The largest absolute Gasteiger partial charge is 0.445 e. The first-order valence-electron chi connectivity index (χ1n) is 1.92. The average molecular weight is 150 g/mol. The molecule has 3 nitrogen and oxygen atoms in total. The summed E-state index contributed by atoms with van der Waals surface area (Å²) in [7, 11) is 0. The van der Waals surface area contributed by atoms with Gasteiger partial charge in [-0.3, -0.25) is 0 Å². The Kier molecular flexibility index (Phi) is 2.70. The average Bonchev–Trinajstić information content (AvgIpc) is 2.22. The van der Waals surface area contributed by atoms with E-state index >= 15 is 0 Å². The molecule has 0 spiro atoms. The summed E-state index contributed by atoms with van der Waals surface area (Å²) >= 11 is 0. The van der Waals surface area contributed by atoms with Gasteiger partial charge in [0.05, 0.1) is 6.26 Å². The van der Waals surface area contributed by atoms with Gasteiger partial charge in [0.25, 0.3) is 0 Å². The topological polar surface area (TPSA) is 34.3 Å². The second kappa shape index (κ2) is 2.64. The minimum atomic E-state index is -0.818. The molecule has 1 heterocycles. The predicted octanol–water partition coefficient (Wildman–Crippen LogP) is 0.779. The molecule has 0 amide bonds. The van der Waals surface area contributed by atoms with Crippen LogP contribution in [0.2, 0.25) is 0 Å². The van der Waals surface area contributed by atoms with Crippen molar-refractivity contribution in [3.05, 3.63) is 12.8 Å². The SMILES string of the molecule is C=COC1(C)OO1.[Ti]. The fraction of sp³-hybridized carbons (Fsp3) is 0.500. The quantitative estimate of drug-likeness (QED) is 0.252. The van der Waals surface area contributed by atoms with E-state index in [2.05, 4.69) is 21.1 Å². The molecule has 0 aromatic rings. The third-order valence-electron chi connectivity index (χ3n) is 0.615. The molecule has 1 fully saturated rings. The summed E-state index contributed by atoms with van der Waals surface area (Å²) in [4.78, 5) is 8.69. The molecule has 4 heteroatoms. The molecule has 0 atom stereocenters. The Morgan fingerprint density at radius 3 is 2.25 bits per heavy atom. The molecule has 44 valence electrons. The van der Waals surface area contributed by atoms with E-state index in [9.17, 15) is 0 Å². The molecule has 1 saturated heterocycles. The molecule has 0 bridgehead atoms. The fourth-order valence-electron chi connectivity index (χ4n) is 0.249. The first-order valence-corrected chi connectivity index (χ1v) is 1.92. The molecule has 0 N–H and O–H groups in total. The maximum atomic E-state index is 4.66. The van der Waals surface area contributed by atoms with E-state index in [1.807, 2.05) is 0 Å². The monoisotopic (exact) mass is 150 g/mol. The Morgan fingerprint density at radius 2 is 2.12 bits per heavy atom. The summed E-state index contributed by atoms with van der Waals surface area (Å²) in [5.74, 6) is -0.818. The first kappa shape index (κ1) is 8.17. The fourth-order valence-corrected chi connectivity index (χ4v) is 0.249. The first-order chi connectivity index (χ1) is 3.27. The molecular weight excluding hydrogens is 144 g/mol. The third-order valence-corrected chi connectivity index (χ3v) is 0.615. The minimum absolute atomic E-state index is 0. The number of hydrogen-bond acceptors (Lipinski definition) is 3. The van der Waals surface area contributed by atoms with Crippen molar-refractivity contribution in [3.63, 3.8) is 0 Å². The van der Waals surface area contributed by atoms with Crippen LogP contribution in [0.4, 0.5) is 0 Å². The van der Waals surface area contributed by atoms with Crippen molar-refractivity contribution in [2.45, 2.75) is 12.9 Å². The zero-order valence-corrected chi connectivity index (χ0v) is 6.07. The van der Waals surface area contributed by atoms with Crippen molar-refractivity contribution < 1.29 is 36.2 Å². The Labute approximate surface area is 62.4 Å². The Bertz CT molecular complexity index is 89.3. The van der Waals surface area contributed by atoms with E-state index in [1.165, 1.54) is 6.26 Å². The van der Waals surface area contributed by atoms with Gasteiger partial charge in [-0.05, 0) is 0 Å². The standard InChI is InChI=1S/C4H6O3.Ti/c1-3-5-4(2)6-7-4;/h3H,1H2,2H3;. The van der Waals surface area contributed by atoms with E-state index in [0.29, 0.717) is 0 Å². The molecule has 0 aromatic carbocycles. The third kappa shape index (κ3) is 1.96. The number of rotatable bonds is 2. The zero-order valence-electron chi connectivity index (χ0n) is 4.51. The summed E-state index contributed by atoms with van der Waals surface area (Å²) in [6, 6.07) is 0. The van der Waals surface area contributed by atoms with Crippen LogP contribution in [0.3, 0.4) is 0 Å². The van der Waals surface area contributed by atoms with Crippen LogP contribution in [0.5, 0.6) is 0 Å². The van der Waals surface area contributed by atoms with Gasteiger partial charge >= 0.3 is 5.97 Å². The van der Waals surface area contributed by atoms with Crippen LogP contribution in [0.25, 0.3) is 0 Å². The minimum Gasteiger partial charge on any atom is -0.445 e. The van der Waals surface area contributed by atoms with Crippen LogP contribution in [0.1, 0.15) is 6.92 Å². The van der Waals surface area contributed by atoms with Crippen LogP contribution in [-0.4, -0.2) is 5.97 Å². The van der Waals surface area contributed by atoms with Crippen LogP contribution < -0.4 is 0 Å². The Hall–Kier alpha value is 0.174. The van der Waals surface area contributed by atoms with Crippen molar-refractivity contribution in [3.8, 4) is 0 Å². The van der Waals surface area contributed by atoms with E-state index in [4.69, 9.17) is 0 Å². The predicted molar refractivity (Wildman–Crippen MR) is 21.9 cm³/mol. The maximum Gasteiger partial charge on any atom is 0.378 e. The molecule has 1 rings (SSSR count). The summed E-state index contributed by atoms with van der Waals surface area (Å²) in [5, 5.41) is 0. The van der Waals surface area contributed by atoms with E-state index in [1.54, 1.807) is 6.92 Å². The van der Waals surface area contributed by atoms with Gasteiger partial charge in [-0.2, -0.15) is 9.78 Å². The molecule has 8 heavy (non-hydrogen) atoms. The van der Waals surface area contributed by atoms with E-state index in [0.717, 1.165) is 0 Å². The van der Waals surface area contributed by atoms with E-state index in [-0.39, 0.29) is 21.7 Å². The Balaban J connectivity index is 0.000000490. The molecule has 1 aliphatic heterocycles. The summed E-state index contributed by atoms with van der Waals surface area (Å²) < 4.78 is 4.66. The molecule has 0 saturated carbocycles. The zero-order chi connectivity index (χ0) is 5.33. The van der Waals surface area contributed by atoms with Crippen molar-refractivity contribution in [2.24, 2.45) is 0 Å². The molecule has 0 aromatic heterocycles. The van der Waals surface area contributed by atoms with Gasteiger partial charge in [0.1, 0.15) is 0 Å². The normalized spacial score (nSPS) is 20.6. The van der Waals surface area contributed by atoms with Crippen LogP contribution in [0.15, 0.2) is 12.8 Å². The summed E-state index contributed by atoms with van der Waals surface area (Å²) in [5.41, 5.74) is 0. The second-order valence-electron chi connectivity index (χ2n) is 1.31. The molecule has 0 radical (unpaired) electrons. The van der Waals surface area contributed by atoms with Crippen LogP contribution in [0, 0.1) is 0 Å². The number of hydrogen-bond donors (Lipinski definition) is 0. The van der Waals surface area contributed by atoms with Crippen molar-refractivity contribution in [1.29, 1.82) is 0 Å². The Morgan fingerprint density at radius 1 is 1.62 bits per heavy atom. The van der Waals surface area contributed by atoms with Crippen molar-refractivity contribution in [2.75, 3.05) is 0 Å². The molecular formula is C4H6O3Ti. The molecule has 0 unspecified atom stereocenters. The van der Waals surface area contributed by atoms with Gasteiger partial charge in [-0.15, -0.1) is 0 Å². The van der Waals surface area contributed by atoms with Gasteiger partial charge in [-0.1, -0.05) is 6.58 Å². The van der Waals surface area contributed by atoms with Gasteiger partial charge in [0.15, 0.2) is 0 Å². The summed E-state index contributed by atoms with van der Waals surface area (Å²) in [6.07, 6.45) is 1.27. The number of ether oxygens (including phenoxy) is 1. The van der Waals surface area contributed by atoms with E-state index < -0.39 is 5.97 Å². The maximum absolute atomic E-state index is 4.66. The van der Waals surface area contributed by atoms with Gasteiger partial charge in [-0.25, -0.2) is 0 Å². The van der Waals surface area contributed by atoms with Gasteiger partial charge in [0, 0.05) is 28.6 Å².